The van der Waals surface area contributed by atoms with Crippen molar-refractivity contribution in [1.82, 2.24) is 0 Å². The number of aliphatic hydroxyl groups is 1. The van der Waals surface area contributed by atoms with Crippen molar-refractivity contribution in [3.8, 4) is 0 Å². The summed E-state index contributed by atoms with van der Waals surface area (Å²) in [7, 11) is -4.76. The summed E-state index contributed by atoms with van der Waals surface area (Å²) in [5.41, 5.74) is 0. The van der Waals surface area contributed by atoms with E-state index >= 15 is 0 Å². The molecule has 0 amide bonds. The van der Waals surface area contributed by atoms with Crippen LogP contribution in [0.25, 0.3) is 0 Å². The van der Waals surface area contributed by atoms with Crippen molar-refractivity contribution in [3.05, 3.63) is 72.9 Å². The van der Waals surface area contributed by atoms with Crippen LogP contribution in [-0.4, -0.2) is 66.5 Å². The molecule has 0 aromatic rings. The fraction of sp³-hybridized carbons (Fsp3) is 0.758. The van der Waals surface area contributed by atoms with Gasteiger partial charge >= 0.3 is 25.7 Å². The van der Waals surface area contributed by atoms with Crippen LogP contribution in [0.2, 0.25) is 0 Å². The largest absolute Gasteiger partial charge is 0.472 e. The first-order chi connectivity index (χ1) is 36.2. The molecule has 11 nitrogen and oxygen atoms in total. The number of aliphatic hydroxyl groups excluding tert-OH is 1. The number of unbranched alkanes of at least 4 members (excludes halogenated alkanes) is 26. The van der Waals surface area contributed by atoms with E-state index in [-0.39, 0.29) is 25.9 Å². The number of allylic oxidation sites excluding steroid dienone is 12. The van der Waals surface area contributed by atoms with Gasteiger partial charge in [-0.25, -0.2) is 4.57 Å². The zero-order valence-electron chi connectivity index (χ0n) is 47.3. The van der Waals surface area contributed by atoms with Gasteiger partial charge in [-0.2, -0.15) is 0 Å². The van der Waals surface area contributed by atoms with Gasteiger partial charge in [-0.3, -0.25) is 23.4 Å². The van der Waals surface area contributed by atoms with Crippen molar-refractivity contribution in [2.45, 2.75) is 277 Å². The van der Waals surface area contributed by atoms with Gasteiger partial charge in [0, 0.05) is 19.3 Å². The Morgan fingerprint density at radius 3 is 1.14 bits per heavy atom. The van der Waals surface area contributed by atoms with Crippen LogP contribution in [0.5, 0.6) is 0 Å². The van der Waals surface area contributed by atoms with Gasteiger partial charge < -0.3 is 24.2 Å². The van der Waals surface area contributed by atoms with Crippen molar-refractivity contribution in [3.63, 3.8) is 0 Å². The molecule has 0 fully saturated rings. The predicted octanol–water partition coefficient (Wildman–Crippen LogP) is 17.7. The number of esters is 3. The molecule has 0 rings (SSSR count). The van der Waals surface area contributed by atoms with Gasteiger partial charge in [0.05, 0.1) is 19.8 Å². The van der Waals surface area contributed by atoms with Crippen LogP contribution in [-0.2, 0) is 42.2 Å². The molecule has 0 aliphatic heterocycles. The highest BCUT2D eigenvalue weighted by Crippen LogP contribution is 2.43. The first kappa shape index (κ1) is 70.9. The average molecular weight is 1060 g/mol. The fourth-order valence-corrected chi connectivity index (χ4v) is 8.81. The number of hydrogen-bond donors (Lipinski definition) is 2. The van der Waals surface area contributed by atoms with E-state index < -0.39 is 57.8 Å². The normalized spacial score (nSPS) is 13.9. The number of carbonyl (C=O) groups excluding carboxylic acids is 3. The molecule has 3 atom stereocenters. The molecule has 428 valence electrons. The second-order valence-electron chi connectivity index (χ2n) is 19.8. The van der Waals surface area contributed by atoms with Crippen LogP contribution in [0, 0.1) is 0 Å². The van der Waals surface area contributed by atoms with Gasteiger partial charge in [-0.15, -0.1) is 0 Å². The minimum absolute atomic E-state index is 0.138. The van der Waals surface area contributed by atoms with Crippen LogP contribution in [0.1, 0.15) is 265 Å². The first-order valence-electron chi connectivity index (χ1n) is 29.8. The van der Waals surface area contributed by atoms with Gasteiger partial charge in [-0.1, -0.05) is 216 Å². The Labute approximate surface area is 452 Å². The molecule has 0 aromatic carbocycles. The molecule has 12 heteroatoms. The van der Waals surface area contributed by atoms with E-state index in [1.165, 1.54) is 96.3 Å². The van der Waals surface area contributed by atoms with E-state index in [2.05, 4.69) is 93.7 Å². The molecular weight excluding hydrogens is 952 g/mol. The second kappa shape index (κ2) is 56.1. The van der Waals surface area contributed by atoms with E-state index in [4.69, 9.17) is 23.3 Å². The summed E-state index contributed by atoms with van der Waals surface area (Å²) in [4.78, 5) is 48.5. The minimum Gasteiger partial charge on any atom is -0.462 e. The average Bonchev–Trinajstić information content (AvgIpc) is 3.39. The van der Waals surface area contributed by atoms with E-state index in [0.717, 1.165) is 109 Å². The van der Waals surface area contributed by atoms with E-state index in [0.29, 0.717) is 19.3 Å². The summed E-state index contributed by atoms with van der Waals surface area (Å²) in [5.74, 6) is -1.50. The molecule has 2 N–H and O–H groups in total. The second-order valence-corrected chi connectivity index (χ2v) is 21.2. The van der Waals surface area contributed by atoms with E-state index in [1.807, 2.05) is 0 Å². The quantitative estimate of drug-likeness (QED) is 0.0197. The SMILES string of the molecule is CC/C=C\C/C=C\C/C=C\C/C=C\CCCCCCC(=O)OC(COC(=O)CCCCCCCCCCC/C=C\CCCCCCCC)COP(=O)(O)OCC(CO)OC(=O)CCCCCCC/C=C\CCCC. The molecule has 0 aliphatic rings. The molecular formula is C62H109O11P. The summed E-state index contributed by atoms with van der Waals surface area (Å²) in [5, 5.41) is 9.80. The van der Waals surface area contributed by atoms with Crippen LogP contribution in [0.15, 0.2) is 72.9 Å². The summed E-state index contributed by atoms with van der Waals surface area (Å²) < 4.78 is 39.5. The smallest absolute Gasteiger partial charge is 0.462 e. The zero-order chi connectivity index (χ0) is 54.1. The Morgan fingerprint density at radius 2 is 0.716 bits per heavy atom. The molecule has 0 bridgehead atoms. The summed E-state index contributed by atoms with van der Waals surface area (Å²) in [6.45, 7) is 4.46. The van der Waals surface area contributed by atoms with Crippen LogP contribution < -0.4 is 0 Å². The standard InChI is InChI=1S/C62H109O11P/c1-4-7-10-13-16-19-22-24-26-28-29-31-32-34-37-39-42-45-48-51-60(64)69-55-59(73-62(66)53-50-47-44-41-38-35-33-30-27-25-23-20-17-14-11-8-5-2)57-71-74(67,68)70-56-58(54-63)72-61(65)52-49-46-43-40-36-21-18-15-12-9-6-3/h8,11,15,17-18,20,24-27,33,35,58-59,63H,4-7,9-10,12-14,16,19,21-23,28-32,34,36-57H2,1-3H3,(H,67,68)/b11-8-,18-15-,20-17-,26-24-,27-25-,35-33-. The first-order valence-corrected chi connectivity index (χ1v) is 31.3. The Bertz CT molecular complexity index is 1520. The number of rotatable bonds is 55. The van der Waals surface area contributed by atoms with Gasteiger partial charge in [0.15, 0.2) is 6.10 Å². The Morgan fingerprint density at radius 1 is 0.392 bits per heavy atom. The molecule has 3 unspecified atom stereocenters. The molecule has 0 saturated carbocycles. The molecule has 0 radical (unpaired) electrons. The maximum atomic E-state index is 12.9. The predicted molar refractivity (Wildman–Crippen MR) is 307 cm³/mol. The van der Waals surface area contributed by atoms with Crippen LogP contribution >= 0.6 is 7.82 Å². The molecule has 74 heavy (non-hydrogen) atoms. The highest BCUT2D eigenvalue weighted by molar-refractivity contribution is 7.47. The lowest BCUT2D eigenvalue weighted by Gasteiger charge is -2.21. The molecule has 0 aliphatic carbocycles. The van der Waals surface area contributed by atoms with Gasteiger partial charge in [0.1, 0.15) is 12.7 Å². The van der Waals surface area contributed by atoms with Crippen LogP contribution in [0.4, 0.5) is 0 Å². The summed E-state index contributed by atoms with van der Waals surface area (Å²) in [6, 6.07) is 0. The van der Waals surface area contributed by atoms with Crippen molar-refractivity contribution in [1.29, 1.82) is 0 Å². The molecule has 0 aromatic heterocycles. The minimum atomic E-state index is -4.76. The van der Waals surface area contributed by atoms with Gasteiger partial charge in [0.2, 0.25) is 0 Å². The van der Waals surface area contributed by atoms with Gasteiger partial charge in [-0.05, 0) is 103 Å². The highest BCUT2D eigenvalue weighted by Gasteiger charge is 2.28. The summed E-state index contributed by atoms with van der Waals surface area (Å²) in [6.07, 6.45) is 62.9. The molecule has 0 heterocycles. The summed E-state index contributed by atoms with van der Waals surface area (Å²) >= 11 is 0. The van der Waals surface area contributed by atoms with Crippen molar-refractivity contribution >= 4 is 25.7 Å². The maximum Gasteiger partial charge on any atom is 0.472 e. The number of ether oxygens (including phenoxy) is 3. The highest BCUT2D eigenvalue weighted by atomic mass is 31.2. The third-order valence-corrected chi connectivity index (χ3v) is 13.5. The number of carbonyl (C=O) groups is 3. The lowest BCUT2D eigenvalue weighted by atomic mass is 10.1. The van der Waals surface area contributed by atoms with E-state index in [9.17, 15) is 28.9 Å². The molecule has 0 saturated heterocycles. The van der Waals surface area contributed by atoms with Gasteiger partial charge in [0.25, 0.3) is 0 Å². The number of hydrogen-bond acceptors (Lipinski definition) is 10. The fourth-order valence-electron chi connectivity index (χ4n) is 8.03. The monoisotopic (exact) mass is 1060 g/mol. The third kappa shape index (κ3) is 53.7. The Kier molecular flexibility index (Phi) is 53.8. The van der Waals surface area contributed by atoms with Crippen LogP contribution in [0.3, 0.4) is 0 Å². The Balaban J connectivity index is 4.75. The van der Waals surface area contributed by atoms with Crippen molar-refractivity contribution in [2.24, 2.45) is 0 Å². The van der Waals surface area contributed by atoms with Crippen molar-refractivity contribution < 1.29 is 52.2 Å². The molecule has 0 spiro atoms. The maximum absolute atomic E-state index is 12.9. The topological polar surface area (TPSA) is 155 Å². The zero-order valence-corrected chi connectivity index (χ0v) is 48.2. The number of phosphoric ester groups is 1. The third-order valence-electron chi connectivity index (χ3n) is 12.6. The Hall–Kier alpha value is -3.08. The lowest BCUT2D eigenvalue weighted by molar-refractivity contribution is -0.161. The van der Waals surface area contributed by atoms with Crippen molar-refractivity contribution in [2.75, 3.05) is 26.4 Å². The van der Waals surface area contributed by atoms with E-state index in [1.54, 1.807) is 0 Å². The number of phosphoric acid groups is 1. The lowest BCUT2D eigenvalue weighted by Crippen LogP contribution is -2.30.